The van der Waals surface area contributed by atoms with Gasteiger partial charge in [-0.2, -0.15) is 0 Å². The topological polar surface area (TPSA) is 56.8 Å². The van der Waals surface area contributed by atoms with Gasteiger partial charge in [-0.3, -0.25) is 4.79 Å². The normalized spacial score (nSPS) is 15.7. The first-order chi connectivity index (χ1) is 11.7. The number of fused-ring (bicyclic) bond motifs is 1. The lowest BCUT2D eigenvalue weighted by Gasteiger charge is -2.26. The summed E-state index contributed by atoms with van der Waals surface area (Å²) in [6, 6.07) is 11.9. The zero-order valence-corrected chi connectivity index (χ0v) is 13.3. The van der Waals surface area contributed by atoms with Gasteiger partial charge in [-0.15, -0.1) is 0 Å². The molecule has 1 aliphatic heterocycles. The van der Waals surface area contributed by atoms with Gasteiger partial charge < -0.3 is 19.5 Å². The molecule has 0 radical (unpaired) electrons. The van der Waals surface area contributed by atoms with Gasteiger partial charge in [-0.1, -0.05) is 18.2 Å². The number of rotatable bonds is 5. The molecule has 0 unspecified atom stereocenters. The highest BCUT2D eigenvalue weighted by Crippen LogP contribution is 2.30. The average Bonchev–Trinajstić information content (AvgIpc) is 2.60. The van der Waals surface area contributed by atoms with Crippen molar-refractivity contribution in [2.75, 3.05) is 20.3 Å². The Kier molecular flexibility index (Phi) is 4.84. The molecular weight excluding hydrogens is 313 g/mol. The van der Waals surface area contributed by atoms with Crippen LogP contribution >= 0.6 is 0 Å². The summed E-state index contributed by atoms with van der Waals surface area (Å²) in [7, 11) is 1.40. The Balaban J connectivity index is 1.50. The molecule has 1 amide bonds. The van der Waals surface area contributed by atoms with Crippen molar-refractivity contribution in [2.24, 2.45) is 0 Å². The second-order valence-electron chi connectivity index (χ2n) is 5.45. The summed E-state index contributed by atoms with van der Waals surface area (Å²) in [4.78, 5) is 12.0. The monoisotopic (exact) mass is 331 g/mol. The summed E-state index contributed by atoms with van der Waals surface area (Å²) in [5.41, 5.74) is 0.581. The second kappa shape index (κ2) is 7.21. The fourth-order valence-electron chi connectivity index (χ4n) is 2.46. The van der Waals surface area contributed by atoms with E-state index in [1.165, 1.54) is 19.2 Å². The van der Waals surface area contributed by atoms with E-state index in [4.69, 9.17) is 14.2 Å². The molecule has 1 heterocycles. The molecule has 0 saturated carbocycles. The van der Waals surface area contributed by atoms with E-state index >= 15 is 0 Å². The minimum absolute atomic E-state index is 0.0884. The van der Waals surface area contributed by atoms with Crippen LogP contribution in [0.4, 0.5) is 4.39 Å². The average molecular weight is 331 g/mol. The predicted molar refractivity (Wildman–Crippen MR) is 86.0 cm³/mol. The van der Waals surface area contributed by atoms with E-state index in [0.29, 0.717) is 30.2 Å². The van der Waals surface area contributed by atoms with Crippen LogP contribution in [0, 0.1) is 5.82 Å². The standard InChI is InChI=1S/C18H18FNO4/c1-22-15-7-6-12(8-14(15)19)9-18(21)20-10-13-11-23-16-4-2-3-5-17(16)24-13/h2-8,13H,9-11H2,1H3,(H,20,21)/t13-/m1/s1. The summed E-state index contributed by atoms with van der Waals surface area (Å²) in [5.74, 6) is 0.838. The molecule has 2 aromatic rings. The molecular formula is C18H18FNO4. The van der Waals surface area contributed by atoms with Crippen molar-refractivity contribution in [1.29, 1.82) is 0 Å². The number of methoxy groups -OCH3 is 1. The maximum Gasteiger partial charge on any atom is 0.224 e. The molecule has 1 aliphatic rings. The third kappa shape index (κ3) is 3.76. The van der Waals surface area contributed by atoms with Gasteiger partial charge in [0.1, 0.15) is 12.7 Å². The zero-order chi connectivity index (χ0) is 16.9. The number of para-hydroxylation sites is 2. The van der Waals surface area contributed by atoms with Crippen LogP contribution < -0.4 is 19.5 Å². The Hall–Kier alpha value is -2.76. The highest BCUT2D eigenvalue weighted by molar-refractivity contribution is 5.78. The Morgan fingerprint density at radius 1 is 1.29 bits per heavy atom. The van der Waals surface area contributed by atoms with Crippen molar-refractivity contribution >= 4 is 5.91 Å². The summed E-state index contributed by atoms with van der Waals surface area (Å²) in [6.07, 6.45) is -0.165. The molecule has 0 fully saturated rings. The maximum atomic E-state index is 13.6. The summed E-state index contributed by atoms with van der Waals surface area (Å²) >= 11 is 0. The molecule has 2 aromatic carbocycles. The fraction of sp³-hybridized carbons (Fsp3) is 0.278. The second-order valence-corrected chi connectivity index (χ2v) is 5.45. The number of hydrogen-bond donors (Lipinski definition) is 1. The molecule has 126 valence electrons. The minimum Gasteiger partial charge on any atom is -0.494 e. The maximum absolute atomic E-state index is 13.6. The van der Waals surface area contributed by atoms with E-state index in [9.17, 15) is 9.18 Å². The van der Waals surface area contributed by atoms with Crippen molar-refractivity contribution in [3.05, 3.63) is 53.8 Å². The van der Waals surface area contributed by atoms with Crippen LogP contribution in [0.25, 0.3) is 0 Å². The highest BCUT2D eigenvalue weighted by atomic mass is 19.1. The summed E-state index contributed by atoms with van der Waals surface area (Å²) in [5, 5.41) is 2.78. The van der Waals surface area contributed by atoms with Gasteiger partial charge in [0.15, 0.2) is 23.1 Å². The summed E-state index contributed by atoms with van der Waals surface area (Å²) < 4.78 is 29.8. The smallest absolute Gasteiger partial charge is 0.224 e. The number of amides is 1. The molecule has 0 bridgehead atoms. The van der Waals surface area contributed by atoms with Crippen LogP contribution in [0.1, 0.15) is 5.56 Å². The fourth-order valence-corrected chi connectivity index (χ4v) is 2.46. The van der Waals surface area contributed by atoms with Crippen LogP contribution in [0.5, 0.6) is 17.2 Å². The third-order valence-corrected chi connectivity index (χ3v) is 3.68. The Morgan fingerprint density at radius 2 is 2.08 bits per heavy atom. The van der Waals surface area contributed by atoms with E-state index in [1.807, 2.05) is 24.3 Å². The molecule has 0 spiro atoms. The SMILES string of the molecule is COc1ccc(CC(=O)NC[C@@H]2COc3ccccc3O2)cc1F. The zero-order valence-electron chi connectivity index (χ0n) is 13.3. The molecule has 6 heteroatoms. The van der Waals surface area contributed by atoms with E-state index in [2.05, 4.69) is 5.32 Å². The van der Waals surface area contributed by atoms with Gasteiger partial charge in [0.2, 0.25) is 5.91 Å². The minimum atomic E-state index is -0.483. The molecule has 5 nitrogen and oxygen atoms in total. The van der Waals surface area contributed by atoms with Crippen molar-refractivity contribution in [3.8, 4) is 17.2 Å². The van der Waals surface area contributed by atoms with Crippen molar-refractivity contribution in [1.82, 2.24) is 5.32 Å². The lowest BCUT2D eigenvalue weighted by molar-refractivity contribution is -0.120. The number of halogens is 1. The number of ether oxygens (including phenoxy) is 3. The largest absolute Gasteiger partial charge is 0.494 e. The number of nitrogens with one attached hydrogen (secondary N) is 1. The number of carbonyl (C=O) groups is 1. The molecule has 0 aliphatic carbocycles. The van der Waals surface area contributed by atoms with Crippen molar-refractivity contribution in [3.63, 3.8) is 0 Å². The van der Waals surface area contributed by atoms with Gasteiger partial charge in [-0.05, 0) is 29.8 Å². The van der Waals surface area contributed by atoms with E-state index in [0.717, 1.165) is 0 Å². The molecule has 3 rings (SSSR count). The number of carbonyl (C=O) groups excluding carboxylic acids is 1. The lowest BCUT2D eigenvalue weighted by atomic mass is 10.1. The van der Waals surface area contributed by atoms with Gasteiger partial charge in [0.05, 0.1) is 20.1 Å². The first kappa shape index (κ1) is 16.1. The van der Waals surface area contributed by atoms with Crippen molar-refractivity contribution in [2.45, 2.75) is 12.5 Å². The van der Waals surface area contributed by atoms with Gasteiger partial charge in [-0.25, -0.2) is 4.39 Å². The van der Waals surface area contributed by atoms with Crippen LogP contribution in [-0.4, -0.2) is 32.3 Å². The molecule has 1 atom stereocenters. The quantitative estimate of drug-likeness (QED) is 0.914. The first-order valence-corrected chi connectivity index (χ1v) is 7.63. The molecule has 0 saturated heterocycles. The lowest BCUT2D eigenvalue weighted by Crippen LogP contribution is -2.41. The Morgan fingerprint density at radius 3 is 2.83 bits per heavy atom. The summed E-state index contributed by atoms with van der Waals surface area (Å²) in [6.45, 7) is 0.695. The van der Waals surface area contributed by atoms with Crippen LogP contribution in [0.2, 0.25) is 0 Å². The van der Waals surface area contributed by atoms with Crippen LogP contribution in [0.15, 0.2) is 42.5 Å². The van der Waals surface area contributed by atoms with Gasteiger partial charge >= 0.3 is 0 Å². The van der Waals surface area contributed by atoms with E-state index in [1.54, 1.807) is 6.07 Å². The van der Waals surface area contributed by atoms with Crippen LogP contribution in [0.3, 0.4) is 0 Å². The van der Waals surface area contributed by atoms with Crippen molar-refractivity contribution < 1.29 is 23.4 Å². The Labute approximate surface area is 139 Å². The van der Waals surface area contributed by atoms with E-state index < -0.39 is 5.82 Å². The van der Waals surface area contributed by atoms with Crippen LogP contribution in [-0.2, 0) is 11.2 Å². The first-order valence-electron chi connectivity index (χ1n) is 7.63. The van der Waals surface area contributed by atoms with Gasteiger partial charge in [0, 0.05) is 0 Å². The highest BCUT2D eigenvalue weighted by Gasteiger charge is 2.21. The predicted octanol–water partition coefficient (Wildman–Crippen LogP) is 2.33. The number of hydrogen-bond acceptors (Lipinski definition) is 4. The van der Waals surface area contributed by atoms with Gasteiger partial charge in [0.25, 0.3) is 0 Å². The molecule has 24 heavy (non-hydrogen) atoms. The molecule has 0 aromatic heterocycles. The Bertz CT molecular complexity index is 735. The number of benzene rings is 2. The third-order valence-electron chi connectivity index (χ3n) is 3.68. The van der Waals surface area contributed by atoms with E-state index in [-0.39, 0.29) is 24.2 Å². The molecule has 1 N–H and O–H groups in total.